The number of pyridine rings is 1. The van der Waals surface area contributed by atoms with Gasteiger partial charge in [0.2, 0.25) is 0 Å². The number of hydrogen-bond acceptors (Lipinski definition) is 5. The van der Waals surface area contributed by atoms with Crippen LogP contribution in [0.15, 0.2) is 16.7 Å². The molecule has 1 aliphatic rings. The molecule has 0 radical (unpaired) electrons. The monoisotopic (exact) mass is 287 g/mol. The third-order valence-corrected chi connectivity index (χ3v) is 2.96. The third-order valence-electron chi connectivity index (χ3n) is 2.35. The largest absolute Gasteiger partial charge is 0.378 e. The van der Waals surface area contributed by atoms with Crippen molar-refractivity contribution in [3.63, 3.8) is 0 Å². The summed E-state index contributed by atoms with van der Waals surface area (Å²) in [5, 5.41) is 10.8. The van der Waals surface area contributed by atoms with Gasteiger partial charge in [0, 0.05) is 13.1 Å². The van der Waals surface area contributed by atoms with Crippen molar-refractivity contribution in [2.45, 2.75) is 0 Å². The van der Waals surface area contributed by atoms with Gasteiger partial charge in [-0.25, -0.2) is 4.98 Å². The van der Waals surface area contributed by atoms with Crippen molar-refractivity contribution in [2.24, 2.45) is 0 Å². The summed E-state index contributed by atoms with van der Waals surface area (Å²) in [4.78, 5) is 16.5. The molecule has 0 saturated carbocycles. The highest BCUT2D eigenvalue weighted by molar-refractivity contribution is 9.10. The Bertz CT molecular complexity index is 407. The summed E-state index contributed by atoms with van der Waals surface area (Å²) in [6.45, 7) is 2.69. The highest BCUT2D eigenvalue weighted by Crippen LogP contribution is 2.27. The number of ether oxygens (including phenoxy) is 1. The molecule has 1 fully saturated rings. The third kappa shape index (κ3) is 2.30. The van der Waals surface area contributed by atoms with Crippen LogP contribution in [-0.4, -0.2) is 36.2 Å². The van der Waals surface area contributed by atoms with Gasteiger partial charge in [0.05, 0.1) is 30.4 Å². The van der Waals surface area contributed by atoms with Crippen LogP contribution < -0.4 is 4.90 Å². The van der Waals surface area contributed by atoms with Crippen LogP contribution in [-0.2, 0) is 4.74 Å². The lowest BCUT2D eigenvalue weighted by molar-refractivity contribution is -0.385. The molecule has 0 spiro atoms. The molecule has 0 unspecified atom stereocenters. The lowest BCUT2D eigenvalue weighted by Crippen LogP contribution is -2.36. The van der Waals surface area contributed by atoms with Crippen molar-refractivity contribution >= 4 is 27.4 Å². The molecule has 2 rings (SSSR count). The van der Waals surface area contributed by atoms with Crippen LogP contribution in [0.5, 0.6) is 0 Å². The van der Waals surface area contributed by atoms with Crippen LogP contribution in [0.25, 0.3) is 0 Å². The average Bonchev–Trinajstić information content (AvgIpc) is 2.30. The minimum absolute atomic E-state index is 0.0384. The first kappa shape index (κ1) is 11.3. The van der Waals surface area contributed by atoms with Crippen molar-refractivity contribution in [2.75, 3.05) is 31.2 Å². The fourth-order valence-electron chi connectivity index (χ4n) is 1.52. The van der Waals surface area contributed by atoms with E-state index in [9.17, 15) is 10.1 Å². The van der Waals surface area contributed by atoms with Crippen molar-refractivity contribution in [1.29, 1.82) is 0 Å². The standard InChI is InChI=1S/C9H10BrN3O3/c10-7-6-11-9(5-8(7)13(14)15)12-1-3-16-4-2-12/h5-6H,1-4H2. The average molecular weight is 288 g/mol. The van der Waals surface area contributed by atoms with Gasteiger partial charge in [-0.05, 0) is 15.9 Å². The van der Waals surface area contributed by atoms with Crippen LogP contribution in [0.2, 0.25) is 0 Å². The molecule has 1 saturated heterocycles. The zero-order chi connectivity index (χ0) is 11.5. The minimum atomic E-state index is -0.421. The summed E-state index contributed by atoms with van der Waals surface area (Å²) in [7, 11) is 0. The van der Waals surface area contributed by atoms with E-state index in [0.717, 1.165) is 0 Å². The predicted molar refractivity (Wildman–Crippen MR) is 61.6 cm³/mol. The lowest BCUT2D eigenvalue weighted by Gasteiger charge is -2.27. The fraction of sp³-hybridized carbons (Fsp3) is 0.444. The van der Waals surface area contributed by atoms with Gasteiger partial charge in [-0.1, -0.05) is 0 Å². The second-order valence-corrected chi connectivity index (χ2v) is 4.20. The second-order valence-electron chi connectivity index (χ2n) is 3.35. The van der Waals surface area contributed by atoms with Crippen molar-refractivity contribution in [1.82, 2.24) is 4.98 Å². The molecule has 7 heteroatoms. The number of nitro groups is 1. The lowest BCUT2D eigenvalue weighted by atomic mass is 10.3. The Labute approximate surface area is 100 Å². The first-order chi connectivity index (χ1) is 7.68. The molecular weight excluding hydrogens is 278 g/mol. The number of anilines is 1. The van der Waals surface area contributed by atoms with Crippen LogP contribution in [0, 0.1) is 10.1 Å². The summed E-state index contributed by atoms with van der Waals surface area (Å²) in [5.41, 5.74) is 0.0384. The summed E-state index contributed by atoms with van der Waals surface area (Å²) >= 11 is 3.11. The number of morpholine rings is 1. The van der Waals surface area contributed by atoms with E-state index in [-0.39, 0.29) is 5.69 Å². The highest BCUT2D eigenvalue weighted by Gasteiger charge is 2.18. The van der Waals surface area contributed by atoms with Gasteiger partial charge in [-0.3, -0.25) is 10.1 Å². The Hall–Kier alpha value is -1.21. The maximum Gasteiger partial charge on any atom is 0.288 e. The molecule has 1 aliphatic heterocycles. The predicted octanol–water partition coefficient (Wildman–Crippen LogP) is 1.59. The highest BCUT2D eigenvalue weighted by atomic mass is 79.9. The van der Waals surface area contributed by atoms with E-state index in [0.29, 0.717) is 36.6 Å². The summed E-state index contributed by atoms with van der Waals surface area (Å²) in [5.74, 6) is 0.623. The van der Waals surface area contributed by atoms with Gasteiger partial charge in [0.1, 0.15) is 10.3 Å². The van der Waals surface area contributed by atoms with E-state index in [4.69, 9.17) is 4.74 Å². The minimum Gasteiger partial charge on any atom is -0.378 e. The van der Waals surface area contributed by atoms with E-state index in [1.54, 1.807) is 0 Å². The molecule has 6 nitrogen and oxygen atoms in total. The quantitative estimate of drug-likeness (QED) is 0.610. The zero-order valence-electron chi connectivity index (χ0n) is 8.43. The van der Waals surface area contributed by atoms with Gasteiger partial charge < -0.3 is 9.64 Å². The number of nitrogens with zero attached hydrogens (tertiary/aromatic N) is 3. The van der Waals surface area contributed by atoms with Gasteiger partial charge in [-0.15, -0.1) is 0 Å². The topological polar surface area (TPSA) is 68.5 Å². The van der Waals surface area contributed by atoms with Gasteiger partial charge in [0.25, 0.3) is 5.69 Å². The second kappa shape index (κ2) is 4.75. The van der Waals surface area contributed by atoms with E-state index in [1.807, 2.05) is 4.90 Å². The molecule has 0 amide bonds. The SMILES string of the molecule is O=[N+]([O-])c1cc(N2CCOCC2)ncc1Br. The fourth-order valence-corrected chi connectivity index (χ4v) is 1.88. The van der Waals surface area contributed by atoms with Crippen LogP contribution in [0.1, 0.15) is 0 Å². The zero-order valence-corrected chi connectivity index (χ0v) is 10.0. The first-order valence-corrected chi connectivity index (χ1v) is 5.60. The molecule has 1 aromatic rings. The molecule has 16 heavy (non-hydrogen) atoms. The smallest absolute Gasteiger partial charge is 0.288 e. The van der Waals surface area contributed by atoms with E-state index >= 15 is 0 Å². The molecule has 2 heterocycles. The Morgan fingerprint density at radius 2 is 2.19 bits per heavy atom. The molecule has 0 aliphatic carbocycles. The Balaban J connectivity index is 2.27. The number of rotatable bonds is 2. The van der Waals surface area contributed by atoms with Gasteiger partial charge in [-0.2, -0.15) is 0 Å². The maximum atomic E-state index is 10.8. The van der Waals surface area contributed by atoms with Crippen LogP contribution in [0.3, 0.4) is 0 Å². The summed E-state index contributed by atoms with van der Waals surface area (Å²) in [6, 6.07) is 1.48. The van der Waals surface area contributed by atoms with Crippen molar-refractivity contribution < 1.29 is 9.66 Å². The van der Waals surface area contributed by atoms with Crippen LogP contribution >= 0.6 is 15.9 Å². The summed E-state index contributed by atoms with van der Waals surface area (Å²) in [6.07, 6.45) is 1.46. The normalized spacial score (nSPS) is 16.2. The Morgan fingerprint density at radius 3 is 2.81 bits per heavy atom. The van der Waals surface area contributed by atoms with Gasteiger partial charge >= 0.3 is 0 Å². The van der Waals surface area contributed by atoms with Gasteiger partial charge in [0.15, 0.2) is 0 Å². The molecule has 0 N–H and O–H groups in total. The van der Waals surface area contributed by atoms with E-state index < -0.39 is 4.92 Å². The van der Waals surface area contributed by atoms with E-state index in [1.165, 1.54) is 12.3 Å². The maximum absolute atomic E-state index is 10.8. The number of hydrogen-bond donors (Lipinski definition) is 0. The molecular formula is C9H10BrN3O3. The molecule has 0 atom stereocenters. The molecule has 0 aromatic carbocycles. The number of aromatic nitrogens is 1. The molecule has 86 valence electrons. The Morgan fingerprint density at radius 1 is 1.50 bits per heavy atom. The first-order valence-electron chi connectivity index (χ1n) is 4.81. The van der Waals surface area contributed by atoms with Crippen molar-refractivity contribution in [3.05, 3.63) is 26.9 Å². The van der Waals surface area contributed by atoms with E-state index in [2.05, 4.69) is 20.9 Å². The summed E-state index contributed by atoms with van der Waals surface area (Å²) < 4.78 is 5.61. The van der Waals surface area contributed by atoms with Crippen LogP contribution in [0.4, 0.5) is 11.5 Å². The molecule has 1 aromatic heterocycles. The van der Waals surface area contributed by atoms with Crippen molar-refractivity contribution in [3.8, 4) is 0 Å². The molecule has 0 bridgehead atoms. The number of halogens is 1. The Kier molecular flexibility index (Phi) is 3.35.